The predicted octanol–water partition coefficient (Wildman–Crippen LogP) is 5.54. The number of hydrogen-bond acceptors (Lipinski definition) is 3. The first kappa shape index (κ1) is 14.8. The molecule has 0 saturated carbocycles. The fourth-order valence-electron chi connectivity index (χ4n) is 2.77. The molecule has 1 N–H and O–H groups in total. The summed E-state index contributed by atoms with van der Waals surface area (Å²) in [5, 5.41) is 3.72. The van der Waals surface area contributed by atoms with E-state index in [9.17, 15) is 0 Å². The van der Waals surface area contributed by atoms with E-state index < -0.39 is 0 Å². The van der Waals surface area contributed by atoms with Crippen LogP contribution in [-0.4, -0.2) is 6.54 Å². The maximum Gasteiger partial charge on any atom is 0.0765 e. The van der Waals surface area contributed by atoms with Gasteiger partial charge in [-0.05, 0) is 78.3 Å². The first-order valence-corrected chi connectivity index (χ1v) is 9.80. The average Bonchev–Trinajstić information content (AvgIpc) is 3.05. The average molecular weight is 370 g/mol. The van der Waals surface area contributed by atoms with Gasteiger partial charge in [0.15, 0.2) is 0 Å². The number of aryl methyl sites for hydroxylation is 2. The van der Waals surface area contributed by atoms with E-state index in [2.05, 4.69) is 46.4 Å². The van der Waals surface area contributed by atoms with Crippen molar-refractivity contribution in [1.82, 2.24) is 5.32 Å². The maximum absolute atomic E-state index is 3.72. The van der Waals surface area contributed by atoms with Crippen molar-refractivity contribution in [3.63, 3.8) is 0 Å². The van der Waals surface area contributed by atoms with Crippen LogP contribution in [0.1, 0.15) is 52.4 Å². The van der Waals surface area contributed by atoms with Crippen LogP contribution in [0.25, 0.3) is 0 Å². The second-order valence-electron chi connectivity index (χ2n) is 5.33. The minimum atomic E-state index is 0.377. The van der Waals surface area contributed by atoms with E-state index in [1.54, 1.807) is 10.4 Å². The van der Waals surface area contributed by atoms with E-state index in [0.29, 0.717) is 6.04 Å². The third kappa shape index (κ3) is 3.19. The van der Waals surface area contributed by atoms with Gasteiger partial charge in [0.2, 0.25) is 0 Å². The molecule has 0 fully saturated rings. The van der Waals surface area contributed by atoms with Gasteiger partial charge in [0, 0.05) is 14.6 Å². The molecule has 1 atom stereocenters. The lowest BCUT2D eigenvalue weighted by Crippen LogP contribution is -2.21. The molecule has 0 radical (unpaired) electrons. The fraction of sp³-hybridized carbons (Fsp3) is 0.500. The van der Waals surface area contributed by atoms with Crippen molar-refractivity contribution in [3.05, 3.63) is 42.2 Å². The van der Waals surface area contributed by atoms with Crippen LogP contribution < -0.4 is 5.32 Å². The summed E-state index contributed by atoms with van der Waals surface area (Å²) in [5.41, 5.74) is 1.61. The quantitative estimate of drug-likeness (QED) is 0.729. The molecule has 2 aromatic rings. The molecule has 2 heterocycles. The number of nitrogens with one attached hydrogen (secondary N) is 1. The Labute approximate surface area is 137 Å². The molecule has 2 aromatic heterocycles. The lowest BCUT2D eigenvalue weighted by atomic mass is 9.98. The number of rotatable bonds is 5. The van der Waals surface area contributed by atoms with Gasteiger partial charge in [-0.3, -0.25) is 0 Å². The Morgan fingerprint density at radius 3 is 2.75 bits per heavy atom. The van der Waals surface area contributed by atoms with Crippen molar-refractivity contribution < 1.29 is 0 Å². The number of hydrogen-bond donors (Lipinski definition) is 1. The number of halogens is 1. The topological polar surface area (TPSA) is 12.0 Å². The molecule has 1 aliphatic carbocycles. The Bertz CT molecular complexity index is 549. The van der Waals surface area contributed by atoms with Gasteiger partial charge in [-0.1, -0.05) is 6.92 Å². The first-order valence-electron chi connectivity index (χ1n) is 7.38. The smallest absolute Gasteiger partial charge is 0.0765 e. The Morgan fingerprint density at radius 2 is 2.05 bits per heavy atom. The Morgan fingerprint density at radius 1 is 1.20 bits per heavy atom. The molecule has 1 unspecified atom stereocenters. The van der Waals surface area contributed by atoms with E-state index in [1.165, 1.54) is 45.6 Å². The molecule has 0 amide bonds. The molecule has 20 heavy (non-hydrogen) atoms. The third-order valence-electron chi connectivity index (χ3n) is 3.78. The van der Waals surface area contributed by atoms with E-state index in [0.717, 1.165) is 6.54 Å². The molecular weight excluding hydrogens is 350 g/mol. The minimum Gasteiger partial charge on any atom is -0.305 e. The van der Waals surface area contributed by atoms with Crippen LogP contribution >= 0.6 is 38.6 Å². The molecule has 0 bridgehead atoms. The van der Waals surface area contributed by atoms with Crippen molar-refractivity contribution in [2.45, 2.75) is 45.1 Å². The van der Waals surface area contributed by atoms with Crippen LogP contribution in [0.5, 0.6) is 0 Å². The zero-order chi connectivity index (χ0) is 13.9. The SMILES string of the molecule is CCCNC(c1ccc(Br)s1)c1cc2c(s1)CCCC2. The van der Waals surface area contributed by atoms with Crippen molar-refractivity contribution in [2.24, 2.45) is 0 Å². The van der Waals surface area contributed by atoms with Gasteiger partial charge in [0.1, 0.15) is 0 Å². The standard InChI is InChI=1S/C16H20BrNS2/c1-2-9-18-16(13-7-8-15(17)20-13)14-10-11-5-3-4-6-12(11)19-14/h7-8,10,16,18H,2-6,9H2,1H3. The highest BCUT2D eigenvalue weighted by Crippen LogP contribution is 2.38. The summed E-state index contributed by atoms with van der Waals surface area (Å²) >= 11 is 7.47. The van der Waals surface area contributed by atoms with Crippen molar-refractivity contribution in [3.8, 4) is 0 Å². The third-order valence-corrected chi connectivity index (χ3v) is 6.77. The van der Waals surface area contributed by atoms with Gasteiger partial charge in [-0.2, -0.15) is 0 Å². The van der Waals surface area contributed by atoms with Gasteiger partial charge >= 0.3 is 0 Å². The number of fused-ring (bicyclic) bond motifs is 1. The zero-order valence-electron chi connectivity index (χ0n) is 11.7. The van der Waals surface area contributed by atoms with Gasteiger partial charge in [-0.15, -0.1) is 22.7 Å². The summed E-state index contributed by atoms with van der Waals surface area (Å²) in [4.78, 5) is 4.55. The van der Waals surface area contributed by atoms with Gasteiger partial charge in [-0.25, -0.2) is 0 Å². The van der Waals surface area contributed by atoms with Crippen molar-refractivity contribution in [2.75, 3.05) is 6.54 Å². The first-order chi connectivity index (χ1) is 9.78. The molecule has 108 valence electrons. The molecule has 0 spiro atoms. The normalized spacial score (nSPS) is 16.1. The van der Waals surface area contributed by atoms with E-state index in [-0.39, 0.29) is 0 Å². The molecule has 1 aliphatic rings. The van der Waals surface area contributed by atoms with Crippen LogP contribution in [0.2, 0.25) is 0 Å². The molecule has 0 saturated heterocycles. The molecule has 4 heteroatoms. The molecule has 3 rings (SSSR count). The van der Waals surface area contributed by atoms with Crippen molar-refractivity contribution in [1.29, 1.82) is 0 Å². The largest absolute Gasteiger partial charge is 0.305 e. The molecule has 0 aliphatic heterocycles. The Hall–Kier alpha value is -0.160. The van der Waals surface area contributed by atoms with Crippen LogP contribution in [0.15, 0.2) is 22.0 Å². The number of thiophene rings is 2. The Kier molecular flexibility index (Phi) is 4.97. The summed E-state index contributed by atoms with van der Waals surface area (Å²) in [6.45, 7) is 3.30. The highest BCUT2D eigenvalue weighted by Gasteiger charge is 2.21. The van der Waals surface area contributed by atoms with Crippen molar-refractivity contribution >= 4 is 38.6 Å². The van der Waals surface area contributed by atoms with Crippen LogP contribution in [0.3, 0.4) is 0 Å². The summed E-state index contributed by atoms with van der Waals surface area (Å²) < 4.78 is 1.22. The van der Waals surface area contributed by atoms with Gasteiger partial charge < -0.3 is 5.32 Å². The van der Waals surface area contributed by atoms with Gasteiger partial charge in [0.25, 0.3) is 0 Å². The molecule has 0 aromatic carbocycles. The maximum atomic E-state index is 3.72. The Balaban J connectivity index is 1.90. The highest BCUT2D eigenvalue weighted by atomic mass is 79.9. The lowest BCUT2D eigenvalue weighted by Gasteiger charge is -2.15. The van der Waals surface area contributed by atoms with Crippen LogP contribution in [0, 0.1) is 0 Å². The minimum absolute atomic E-state index is 0.377. The molecular formula is C16H20BrNS2. The summed E-state index contributed by atoms with van der Waals surface area (Å²) in [6.07, 6.45) is 6.47. The van der Waals surface area contributed by atoms with Crippen LogP contribution in [0.4, 0.5) is 0 Å². The highest BCUT2D eigenvalue weighted by molar-refractivity contribution is 9.11. The summed E-state index contributed by atoms with van der Waals surface area (Å²) in [6, 6.07) is 7.25. The second-order valence-corrected chi connectivity index (χ2v) is 9.00. The fourth-order valence-corrected chi connectivity index (χ4v) is 5.71. The van der Waals surface area contributed by atoms with Crippen LogP contribution in [-0.2, 0) is 12.8 Å². The van der Waals surface area contributed by atoms with E-state index >= 15 is 0 Å². The monoisotopic (exact) mass is 369 g/mol. The molecule has 1 nitrogen and oxygen atoms in total. The van der Waals surface area contributed by atoms with E-state index in [1.807, 2.05) is 22.7 Å². The lowest BCUT2D eigenvalue weighted by molar-refractivity contribution is 0.612. The second kappa shape index (κ2) is 6.73. The zero-order valence-corrected chi connectivity index (χ0v) is 15.0. The summed E-state index contributed by atoms with van der Waals surface area (Å²) in [5.74, 6) is 0. The van der Waals surface area contributed by atoms with E-state index in [4.69, 9.17) is 0 Å². The van der Waals surface area contributed by atoms with Gasteiger partial charge in [0.05, 0.1) is 9.83 Å². The predicted molar refractivity (Wildman–Crippen MR) is 93.1 cm³/mol. The summed E-state index contributed by atoms with van der Waals surface area (Å²) in [7, 11) is 0.